The summed E-state index contributed by atoms with van der Waals surface area (Å²) in [6.45, 7) is 0. The molecule has 1 atom stereocenters. The maximum atomic E-state index is 10.3. The van der Waals surface area contributed by atoms with Crippen LogP contribution in [0.5, 0.6) is 11.5 Å². The van der Waals surface area contributed by atoms with E-state index < -0.39 is 6.10 Å². The van der Waals surface area contributed by atoms with Crippen molar-refractivity contribution < 1.29 is 14.6 Å². The van der Waals surface area contributed by atoms with E-state index in [2.05, 4.69) is 4.98 Å². The molecule has 18 heavy (non-hydrogen) atoms. The normalized spacial score (nSPS) is 11.9. The number of pyridine rings is 1. The van der Waals surface area contributed by atoms with Crippen molar-refractivity contribution in [3.63, 3.8) is 0 Å². The van der Waals surface area contributed by atoms with Gasteiger partial charge in [0.1, 0.15) is 17.6 Å². The molecule has 1 heterocycles. The van der Waals surface area contributed by atoms with E-state index in [1.165, 1.54) is 0 Å². The van der Waals surface area contributed by atoms with Crippen molar-refractivity contribution in [1.82, 2.24) is 4.98 Å². The Labute approximate surface area is 106 Å². The van der Waals surface area contributed by atoms with Crippen LogP contribution in [0.25, 0.3) is 0 Å². The second-order valence-corrected chi connectivity index (χ2v) is 3.77. The van der Waals surface area contributed by atoms with Gasteiger partial charge in [0.2, 0.25) is 0 Å². The molecular weight excluding hydrogens is 230 g/mol. The number of nitrogens with zero attached hydrogens (tertiary/aromatic N) is 1. The molecule has 4 nitrogen and oxygen atoms in total. The van der Waals surface area contributed by atoms with Crippen LogP contribution in [0.4, 0.5) is 0 Å². The van der Waals surface area contributed by atoms with E-state index in [1.54, 1.807) is 44.7 Å². The Morgan fingerprint density at radius 2 is 1.94 bits per heavy atom. The summed E-state index contributed by atoms with van der Waals surface area (Å²) in [5.74, 6) is 1.26. The maximum Gasteiger partial charge on any atom is 0.128 e. The molecular formula is C14H15NO3. The van der Waals surface area contributed by atoms with E-state index in [4.69, 9.17) is 9.47 Å². The second kappa shape index (κ2) is 5.51. The molecule has 1 unspecified atom stereocenters. The summed E-state index contributed by atoms with van der Waals surface area (Å²) in [5, 5.41) is 10.3. The van der Waals surface area contributed by atoms with Gasteiger partial charge >= 0.3 is 0 Å². The number of hydrogen-bond donors (Lipinski definition) is 1. The van der Waals surface area contributed by atoms with E-state index in [1.807, 2.05) is 12.1 Å². The lowest BCUT2D eigenvalue weighted by atomic mass is 10.0. The fourth-order valence-corrected chi connectivity index (χ4v) is 1.74. The molecule has 4 heteroatoms. The van der Waals surface area contributed by atoms with Gasteiger partial charge in [-0.25, -0.2) is 0 Å². The molecule has 0 spiro atoms. The van der Waals surface area contributed by atoms with Crippen LogP contribution in [-0.2, 0) is 0 Å². The minimum absolute atomic E-state index is 0.576. The minimum atomic E-state index is -0.813. The van der Waals surface area contributed by atoms with Crippen LogP contribution in [0.2, 0.25) is 0 Å². The molecule has 94 valence electrons. The van der Waals surface area contributed by atoms with Crippen LogP contribution in [0.1, 0.15) is 17.4 Å². The first-order chi connectivity index (χ1) is 8.76. The molecule has 0 aliphatic carbocycles. The highest BCUT2D eigenvalue weighted by Gasteiger charge is 2.16. The van der Waals surface area contributed by atoms with Gasteiger partial charge in [-0.2, -0.15) is 0 Å². The SMILES string of the molecule is COc1ccc(C(O)c2ccccn2)c(OC)c1. The van der Waals surface area contributed by atoms with Gasteiger partial charge in [0, 0.05) is 17.8 Å². The molecule has 1 N–H and O–H groups in total. The Balaban J connectivity index is 2.38. The summed E-state index contributed by atoms with van der Waals surface area (Å²) in [7, 11) is 3.15. The first kappa shape index (κ1) is 12.4. The van der Waals surface area contributed by atoms with Crippen molar-refractivity contribution in [3.05, 3.63) is 53.9 Å². The third kappa shape index (κ3) is 2.43. The Morgan fingerprint density at radius 3 is 2.56 bits per heavy atom. The first-order valence-corrected chi connectivity index (χ1v) is 5.57. The molecule has 0 radical (unpaired) electrons. The topological polar surface area (TPSA) is 51.6 Å². The van der Waals surface area contributed by atoms with Gasteiger partial charge in [-0.05, 0) is 24.3 Å². The van der Waals surface area contributed by atoms with Crippen molar-refractivity contribution in [2.75, 3.05) is 14.2 Å². The van der Waals surface area contributed by atoms with Gasteiger partial charge in [0.25, 0.3) is 0 Å². The number of aromatic nitrogens is 1. The third-order valence-corrected chi connectivity index (χ3v) is 2.70. The molecule has 2 aromatic rings. The molecule has 0 amide bonds. The number of benzene rings is 1. The molecule has 0 saturated heterocycles. The second-order valence-electron chi connectivity index (χ2n) is 3.77. The van der Waals surface area contributed by atoms with Crippen LogP contribution >= 0.6 is 0 Å². The number of aliphatic hydroxyl groups excluding tert-OH is 1. The number of methoxy groups -OCH3 is 2. The van der Waals surface area contributed by atoms with Gasteiger partial charge < -0.3 is 14.6 Å². The summed E-state index contributed by atoms with van der Waals surface area (Å²) < 4.78 is 10.4. The van der Waals surface area contributed by atoms with Crippen molar-refractivity contribution in [2.45, 2.75) is 6.10 Å². The number of aliphatic hydroxyl groups is 1. The average Bonchev–Trinajstić information content (AvgIpc) is 2.46. The van der Waals surface area contributed by atoms with Crippen molar-refractivity contribution >= 4 is 0 Å². The minimum Gasteiger partial charge on any atom is -0.497 e. The fraction of sp³-hybridized carbons (Fsp3) is 0.214. The van der Waals surface area contributed by atoms with Crippen molar-refractivity contribution in [1.29, 1.82) is 0 Å². The van der Waals surface area contributed by atoms with Crippen LogP contribution < -0.4 is 9.47 Å². The Bertz CT molecular complexity index is 514. The van der Waals surface area contributed by atoms with Crippen LogP contribution in [0, 0.1) is 0 Å². The molecule has 1 aromatic heterocycles. The van der Waals surface area contributed by atoms with Gasteiger partial charge in [-0.15, -0.1) is 0 Å². The van der Waals surface area contributed by atoms with E-state index in [9.17, 15) is 5.11 Å². The quantitative estimate of drug-likeness (QED) is 0.897. The third-order valence-electron chi connectivity index (χ3n) is 2.70. The summed E-state index contributed by atoms with van der Waals surface area (Å²) in [6.07, 6.45) is 0.834. The standard InChI is InChI=1S/C14H15NO3/c1-17-10-6-7-11(13(9-10)18-2)14(16)12-5-3-4-8-15-12/h3-9,14,16H,1-2H3. The van der Waals surface area contributed by atoms with Crippen molar-refractivity contribution in [3.8, 4) is 11.5 Å². The Hall–Kier alpha value is -2.07. The predicted octanol–water partition coefficient (Wildman–Crippen LogP) is 2.18. The lowest BCUT2D eigenvalue weighted by Crippen LogP contribution is -2.04. The Morgan fingerprint density at radius 1 is 1.11 bits per heavy atom. The summed E-state index contributed by atoms with van der Waals surface area (Å²) in [4.78, 5) is 4.14. The van der Waals surface area contributed by atoms with Crippen LogP contribution in [-0.4, -0.2) is 24.3 Å². The largest absolute Gasteiger partial charge is 0.497 e. The highest BCUT2D eigenvalue weighted by molar-refractivity contribution is 5.44. The fourth-order valence-electron chi connectivity index (χ4n) is 1.74. The summed E-state index contributed by atoms with van der Waals surface area (Å²) >= 11 is 0. The van der Waals surface area contributed by atoms with Gasteiger partial charge in [-0.1, -0.05) is 6.07 Å². The molecule has 0 saturated carbocycles. The molecule has 0 fully saturated rings. The van der Waals surface area contributed by atoms with Gasteiger partial charge in [0.05, 0.1) is 19.9 Å². The average molecular weight is 245 g/mol. The van der Waals surface area contributed by atoms with Crippen molar-refractivity contribution in [2.24, 2.45) is 0 Å². The first-order valence-electron chi connectivity index (χ1n) is 5.57. The molecule has 0 aliphatic rings. The lowest BCUT2D eigenvalue weighted by Gasteiger charge is -2.15. The number of hydrogen-bond acceptors (Lipinski definition) is 4. The van der Waals surface area contributed by atoms with Gasteiger partial charge in [0.15, 0.2) is 0 Å². The smallest absolute Gasteiger partial charge is 0.128 e. The Kier molecular flexibility index (Phi) is 3.79. The lowest BCUT2D eigenvalue weighted by molar-refractivity contribution is 0.209. The maximum absolute atomic E-state index is 10.3. The van der Waals surface area contributed by atoms with E-state index in [0.717, 1.165) is 0 Å². The molecule has 0 aliphatic heterocycles. The monoisotopic (exact) mass is 245 g/mol. The highest BCUT2D eigenvalue weighted by atomic mass is 16.5. The number of rotatable bonds is 4. The van der Waals surface area contributed by atoms with Crippen LogP contribution in [0.3, 0.4) is 0 Å². The molecule has 2 rings (SSSR count). The summed E-state index contributed by atoms with van der Waals surface area (Å²) in [6, 6.07) is 10.7. The van der Waals surface area contributed by atoms with E-state index in [0.29, 0.717) is 22.8 Å². The highest BCUT2D eigenvalue weighted by Crippen LogP contribution is 2.31. The van der Waals surface area contributed by atoms with E-state index in [-0.39, 0.29) is 0 Å². The van der Waals surface area contributed by atoms with Gasteiger partial charge in [-0.3, -0.25) is 4.98 Å². The summed E-state index contributed by atoms with van der Waals surface area (Å²) in [5.41, 5.74) is 1.25. The number of ether oxygens (including phenoxy) is 2. The zero-order valence-corrected chi connectivity index (χ0v) is 10.3. The zero-order chi connectivity index (χ0) is 13.0. The van der Waals surface area contributed by atoms with E-state index >= 15 is 0 Å². The van der Waals surface area contributed by atoms with Crippen LogP contribution in [0.15, 0.2) is 42.6 Å². The molecule has 0 bridgehead atoms. The predicted molar refractivity (Wildman–Crippen MR) is 67.8 cm³/mol. The zero-order valence-electron chi connectivity index (χ0n) is 10.3. The molecule has 1 aromatic carbocycles.